The summed E-state index contributed by atoms with van der Waals surface area (Å²) in [6.07, 6.45) is -3.55. The SMILES string of the molecule is Nc1n[nH]n2c(C3O[C@H](COCc4ccccc4)[C@@H](OCc4ccccc4)[C@H]3F)ccc12. The van der Waals surface area contributed by atoms with Gasteiger partial charge in [-0.25, -0.2) is 14.1 Å². The molecule has 0 aliphatic carbocycles. The van der Waals surface area contributed by atoms with Crippen molar-refractivity contribution < 1.29 is 18.6 Å². The Labute approximate surface area is 184 Å². The number of ether oxygens (including phenoxy) is 3. The molecule has 1 fully saturated rings. The lowest BCUT2D eigenvalue weighted by atomic mass is 10.1. The number of nitrogens with two attached hydrogens (primary N) is 1. The first kappa shape index (κ1) is 20.7. The minimum Gasteiger partial charge on any atom is -0.380 e. The molecule has 2 aromatic heterocycles. The third-order valence-corrected chi connectivity index (χ3v) is 5.71. The number of nitrogens with one attached hydrogen (secondary N) is 1. The molecular weight excluding hydrogens is 411 g/mol. The van der Waals surface area contributed by atoms with Crippen molar-refractivity contribution in [2.45, 2.75) is 37.7 Å². The minimum atomic E-state index is -1.38. The fraction of sp³-hybridized carbons (Fsp3) is 0.292. The van der Waals surface area contributed by atoms with Crippen LogP contribution in [0.15, 0.2) is 72.8 Å². The molecular formula is C24H25FN4O3. The van der Waals surface area contributed by atoms with E-state index in [2.05, 4.69) is 10.3 Å². The minimum absolute atomic E-state index is 0.213. The third kappa shape index (κ3) is 4.12. The second-order valence-electron chi connectivity index (χ2n) is 7.88. The summed E-state index contributed by atoms with van der Waals surface area (Å²) in [5.41, 5.74) is 9.17. The Balaban J connectivity index is 1.33. The number of halogens is 1. The summed E-state index contributed by atoms with van der Waals surface area (Å²) < 4.78 is 35.4. The second kappa shape index (κ2) is 9.12. The standard InChI is InChI=1S/C24H25FN4O3/c25-21-22(18-11-12-19-24(26)27-28-29(18)19)32-20(15-30-13-16-7-3-1-4-8-16)23(21)31-14-17-9-5-2-6-10-17/h1-12,20-23,28H,13-15H2,(H2,26,27)/t20-,21+,22?,23-/m1/s1. The zero-order valence-electron chi connectivity index (χ0n) is 17.4. The van der Waals surface area contributed by atoms with Crippen molar-refractivity contribution in [3.63, 3.8) is 0 Å². The zero-order valence-corrected chi connectivity index (χ0v) is 17.4. The molecule has 0 bridgehead atoms. The van der Waals surface area contributed by atoms with Crippen molar-refractivity contribution in [1.82, 2.24) is 14.8 Å². The lowest BCUT2D eigenvalue weighted by molar-refractivity contribution is -0.0741. The molecule has 8 heteroatoms. The average Bonchev–Trinajstić information content (AvgIpc) is 3.49. The molecule has 2 aromatic carbocycles. The molecule has 1 saturated heterocycles. The van der Waals surface area contributed by atoms with Crippen LogP contribution in [-0.4, -0.2) is 39.8 Å². The van der Waals surface area contributed by atoms with Crippen LogP contribution in [0.2, 0.25) is 0 Å². The molecule has 1 aliphatic heterocycles. The van der Waals surface area contributed by atoms with Crippen molar-refractivity contribution in [2.24, 2.45) is 0 Å². The molecule has 7 nitrogen and oxygen atoms in total. The van der Waals surface area contributed by atoms with E-state index in [-0.39, 0.29) is 13.2 Å². The molecule has 4 atom stereocenters. The highest BCUT2D eigenvalue weighted by Gasteiger charge is 2.47. The van der Waals surface area contributed by atoms with Gasteiger partial charge in [0.05, 0.1) is 25.5 Å². The molecule has 166 valence electrons. The van der Waals surface area contributed by atoms with Gasteiger partial charge in [0.2, 0.25) is 0 Å². The summed E-state index contributed by atoms with van der Waals surface area (Å²) in [4.78, 5) is 0. The lowest BCUT2D eigenvalue weighted by Gasteiger charge is -2.20. The van der Waals surface area contributed by atoms with E-state index >= 15 is 4.39 Å². The van der Waals surface area contributed by atoms with E-state index in [1.54, 1.807) is 16.6 Å². The van der Waals surface area contributed by atoms with Crippen molar-refractivity contribution in [1.29, 1.82) is 0 Å². The van der Waals surface area contributed by atoms with Crippen molar-refractivity contribution in [2.75, 3.05) is 12.3 Å². The number of H-pyrrole nitrogens is 1. The van der Waals surface area contributed by atoms with E-state index in [9.17, 15) is 0 Å². The summed E-state index contributed by atoms with van der Waals surface area (Å²) in [5, 5.41) is 6.80. The van der Waals surface area contributed by atoms with Gasteiger partial charge in [0.15, 0.2) is 12.0 Å². The Bertz CT molecular complexity index is 1150. The molecule has 3 heterocycles. The van der Waals surface area contributed by atoms with Gasteiger partial charge >= 0.3 is 0 Å². The number of rotatable bonds is 8. The van der Waals surface area contributed by atoms with Gasteiger partial charge in [-0.3, -0.25) is 0 Å². The van der Waals surface area contributed by atoms with Crippen LogP contribution < -0.4 is 5.73 Å². The van der Waals surface area contributed by atoms with Gasteiger partial charge < -0.3 is 19.9 Å². The van der Waals surface area contributed by atoms with Crippen LogP contribution in [-0.2, 0) is 27.4 Å². The molecule has 3 N–H and O–H groups in total. The molecule has 0 amide bonds. The molecule has 32 heavy (non-hydrogen) atoms. The van der Waals surface area contributed by atoms with Gasteiger partial charge in [-0.05, 0) is 23.3 Å². The van der Waals surface area contributed by atoms with Crippen LogP contribution in [0, 0.1) is 0 Å². The number of nitrogens with zero attached hydrogens (tertiary/aromatic N) is 2. The van der Waals surface area contributed by atoms with Crippen molar-refractivity contribution in [3.8, 4) is 0 Å². The van der Waals surface area contributed by atoms with Gasteiger partial charge in [-0.2, -0.15) is 0 Å². The Morgan fingerprint density at radius 1 is 0.969 bits per heavy atom. The van der Waals surface area contributed by atoms with Crippen LogP contribution in [0.1, 0.15) is 22.9 Å². The zero-order chi connectivity index (χ0) is 21.9. The number of aromatic nitrogens is 3. The topological polar surface area (TPSA) is 86.8 Å². The first-order valence-electron chi connectivity index (χ1n) is 10.6. The Hall–Kier alpha value is -3.20. The summed E-state index contributed by atoms with van der Waals surface area (Å²) in [6, 6.07) is 23.1. The first-order valence-corrected chi connectivity index (χ1v) is 10.6. The molecule has 4 aromatic rings. The third-order valence-electron chi connectivity index (χ3n) is 5.71. The molecule has 0 radical (unpaired) electrons. The van der Waals surface area contributed by atoms with Crippen molar-refractivity contribution >= 4 is 11.3 Å². The van der Waals surface area contributed by atoms with Gasteiger partial charge in [-0.1, -0.05) is 60.7 Å². The number of benzene rings is 2. The molecule has 5 rings (SSSR count). The average molecular weight is 436 g/mol. The maximum atomic E-state index is 15.7. The molecule has 1 aliphatic rings. The van der Waals surface area contributed by atoms with E-state index in [0.717, 1.165) is 11.1 Å². The van der Waals surface area contributed by atoms with Crippen molar-refractivity contribution in [3.05, 3.63) is 89.6 Å². The normalized spacial score (nSPS) is 23.2. The summed E-state index contributed by atoms with van der Waals surface area (Å²) >= 11 is 0. The smallest absolute Gasteiger partial charge is 0.171 e. The largest absolute Gasteiger partial charge is 0.380 e. The van der Waals surface area contributed by atoms with E-state index in [4.69, 9.17) is 19.9 Å². The predicted molar refractivity (Wildman–Crippen MR) is 118 cm³/mol. The predicted octanol–water partition coefficient (Wildman–Crippen LogP) is 3.82. The fourth-order valence-electron chi connectivity index (χ4n) is 4.07. The number of anilines is 1. The Kier molecular flexibility index (Phi) is 5.89. The summed E-state index contributed by atoms with van der Waals surface area (Å²) in [7, 11) is 0. The van der Waals surface area contributed by atoms with Crippen LogP contribution >= 0.6 is 0 Å². The highest BCUT2D eigenvalue weighted by Crippen LogP contribution is 2.38. The van der Waals surface area contributed by atoms with E-state index < -0.39 is 24.5 Å². The Morgan fingerprint density at radius 3 is 2.38 bits per heavy atom. The van der Waals surface area contributed by atoms with Crippen LogP contribution in [0.5, 0.6) is 0 Å². The summed E-state index contributed by atoms with van der Waals surface area (Å²) in [6.45, 7) is 0.919. The van der Waals surface area contributed by atoms with Gasteiger partial charge in [0.1, 0.15) is 23.8 Å². The van der Waals surface area contributed by atoms with E-state index in [1.165, 1.54) is 0 Å². The first-order chi connectivity index (χ1) is 15.7. The number of alkyl halides is 1. The van der Waals surface area contributed by atoms with Crippen LogP contribution in [0.3, 0.4) is 0 Å². The molecule has 1 unspecified atom stereocenters. The fourth-order valence-corrected chi connectivity index (χ4v) is 4.07. The molecule has 0 spiro atoms. The number of fused-ring (bicyclic) bond motifs is 1. The van der Waals surface area contributed by atoms with Crippen LogP contribution in [0.4, 0.5) is 10.2 Å². The van der Waals surface area contributed by atoms with Crippen LogP contribution in [0.25, 0.3) is 5.52 Å². The number of hydrogen-bond acceptors (Lipinski definition) is 5. The maximum Gasteiger partial charge on any atom is 0.171 e. The summed E-state index contributed by atoms with van der Waals surface area (Å²) in [5.74, 6) is 0.351. The van der Waals surface area contributed by atoms with E-state index in [0.29, 0.717) is 23.6 Å². The van der Waals surface area contributed by atoms with Gasteiger partial charge in [0, 0.05) is 0 Å². The number of hydrogen-bond donors (Lipinski definition) is 2. The maximum absolute atomic E-state index is 15.7. The highest BCUT2D eigenvalue weighted by atomic mass is 19.1. The lowest BCUT2D eigenvalue weighted by Crippen LogP contribution is -2.34. The van der Waals surface area contributed by atoms with Gasteiger partial charge in [-0.15, -0.1) is 5.10 Å². The highest BCUT2D eigenvalue weighted by molar-refractivity contribution is 5.65. The second-order valence-corrected chi connectivity index (χ2v) is 7.88. The molecule has 0 saturated carbocycles. The number of nitrogen functional groups attached to an aromatic ring is 1. The quantitative estimate of drug-likeness (QED) is 0.438. The Morgan fingerprint density at radius 2 is 1.66 bits per heavy atom. The van der Waals surface area contributed by atoms with E-state index in [1.807, 2.05) is 60.7 Å². The number of aromatic amines is 1. The monoisotopic (exact) mass is 436 g/mol. The van der Waals surface area contributed by atoms with Gasteiger partial charge in [0.25, 0.3) is 0 Å².